The van der Waals surface area contributed by atoms with Gasteiger partial charge in [-0.15, -0.1) is 0 Å². The molecule has 3 nitrogen and oxygen atoms in total. The maximum Gasteiger partial charge on any atom is 0.120 e. The van der Waals surface area contributed by atoms with Gasteiger partial charge in [-0.2, -0.15) is 5.84 Å². The van der Waals surface area contributed by atoms with E-state index in [0.717, 1.165) is 48.8 Å². The van der Waals surface area contributed by atoms with Gasteiger partial charge in [0.05, 0.1) is 18.7 Å². The van der Waals surface area contributed by atoms with Crippen molar-refractivity contribution in [2.24, 2.45) is 17.7 Å². The number of aliphatic hydroxyl groups is 1. The summed E-state index contributed by atoms with van der Waals surface area (Å²) in [5, 5.41) is 10.8. The smallest absolute Gasteiger partial charge is 0.120 e. The van der Waals surface area contributed by atoms with Crippen LogP contribution >= 0.6 is 0 Å². The van der Waals surface area contributed by atoms with Gasteiger partial charge in [0.15, 0.2) is 0 Å². The highest BCUT2D eigenvalue weighted by Crippen LogP contribution is 2.61. The van der Waals surface area contributed by atoms with E-state index in [4.69, 9.17) is 5.84 Å². The van der Waals surface area contributed by atoms with Crippen molar-refractivity contribution in [2.75, 3.05) is 13.1 Å². The van der Waals surface area contributed by atoms with Crippen molar-refractivity contribution in [3.05, 3.63) is 0 Å². The number of nitrogens with two attached hydrogens (primary N) is 1. The first-order valence-electron chi connectivity index (χ1n) is 7.41. The summed E-state index contributed by atoms with van der Waals surface area (Å²) in [5.41, 5.74) is -0.105. The number of hydrogen-bond acceptors (Lipinski definition) is 2. The Balaban J connectivity index is 1.74. The van der Waals surface area contributed by atoms with Crippen LogP contribution in [-0.4, -0.2) is 33.9 Å². The van der Waals surface area contributed by atoms with E-state index in [2.05, 4.69) is 0 Å². The van der Waals surface area contributed by atoms with Crippen molar-refractivity contribution in [1.29, 1.82) is 0 Å². The van der Waals surface area contributed by atoms with E-state index in [9.17, 15) is 5.11 Å². The van der Waals surface area contributed by atoms with Crippen molar-refractivity contribution in [3.63, 3.8) is 0 Å². The summed E-state index contributed by atoms with van der Waals surface area (Å²) in [6.07, 6.45) is 9.63. The van der Waals surface area contributed by atoms with Crippen molar-refractivity contribution < 1.29 is 9.70 Å². The third kappa shape index (κ3) is 1.33. The Bertz CT molecular complexity index is 334. The van der Waals surface area contributed by atoms with Crippen LogP contribution in [0.1, 0.15) is 51.4 Å². The highest BCUT2D eigenvalue weighted by atomic mass is 16.3. The fourth-order valence-electron chi connectivity index (χ4n) is 6.06. The predicted octanol–water partition coefficient (Wildman–Crippen LogP) is 1.55. The zero-order valence-electron chi connectivity index (χ0n) is 10.7. The Morgan fingerprint density at radius 3 is 2.12 bits per heavy atom. The van der Waals surface area contributed by atoms with Gasteiger partial charge in [0.1, 0.15) is 5.54 Å². The second kappa shape index (κ2) is 3.06. The molecule has 0 radical (unpaired) electrons. The Kier molecular flexibility index (Phi) is 1.94. The zero-order valence-corrected chi connectivity index (χ0v) is 10.7. The summed E-state index contributed by atoms with van der Waals surface area (Å²) in [6, 6.07) is 0. The lowest BCUT2D eigenvalue weighted by atomic mass is 9.50. The van der Waals surface area contributed by atoms with E-state index in [-0.39, 0.29) is 11.1 Å². The molecule has 1 aliphatic heterocycles. The second-order valence-corrected chi connectivity index (χ2v) is 7.60. The standard InChI is InChI=1S/C14H25N2O/c15-16(3-1-2-4-16)13-6-11-5-12(7-13)9-14(17,8-11)10-13/h11-12,17H,1-10,15H2/q+1. The van der Waals surface area contributed by atoms with Crippen LogP contribution in [0, 0.1) is 11.8 Å². The van der Waals surface area contributed by atoms with Gasteiger partial charge in [0.2, 0.25) is 0 Å². The van der Waals surface area contributed by atoms with Crippen molar-refractivity contribution in [2.45, 2.75) is 62.5 Å². The molecule has 2 unspecified atom stereocenters. The van der Waals surface area contributed by atoms with Gasteiger partial charge in [0.25, 0.3) is 0 Å². The largest absolute Gasteiger partial charge is 0.390 e. The third-order valence-electron chi connectivity index (χ3n) is 6.31. The average molecular weight is 237 g/mol. The fraction of sp³-hybridized carbons (Fsp3) is 1.00. The second-order valence-electron chi connectivity index (χ2n) is 7.60. The highest BCUT2D eigenvalue weighted by Gasteiger charge is 2.65. The van der Waals surface area contributed by atoms with Crippen LogP contribution in [-0.2, 0) is 0 Å². The van der Waals surface area contributed by atoms with Crippen molar-refractivity contribution >= 4 is 0 Å². The Hall–Kier alpha value is -0.120. The molecule has 3 N–H and O–H groups in total. The van der Waals surface area contributed by atoms with Gasteiger partial charge in [0, 0.05) is 32.1 Å². The summed E-state index contributed by atoms with van der Waals surface area (Å²) in [5.74, 6) is 8.27. The molecule has 5 aliphatic rings. The van der Waals surface area contributed by atoms with Crippen LogP contribution in [0.5, 0.6) is 0 Å². The summed E-state index contributed by atoms with van der Waals surface area (Å²) in [4.78, 5) is 0. The van der Waals surface area contributed by atoms with Crippen LogP contribution in [0.3, 0.4) is 0 Å². The molecule has 2 atom stereocenters. The average Bonchev–Trinajstić information content (AvgIpc) is 2.62. The number of nitrogens with zero attached hydrogens (tertiary/aromatic N) is 1. The molecule has 17 heavy (non-hydrogen) atoms. The molecule has 4 bridgehead atoms. The van der Waals surface area contributed by atoms with Gasteiger partial charge >= 0.3 is 0 Å². The third-order valence-corrected chi connectivity index (χ3v) is 6.31. The van der Waals surface area contributed by atoms with Crippen LogP contribution in [0.2, 0.25) is 0 Å². The van der Waals surface area contributed by atoms with Crippen LogP contribution in [0.4, 0.5) is 0 Å². The predicted molar refractivity (Wildman–Crippen MR) is 65.8 cm³/mol. The summed E-state index contributed by atoms with van der Waals surface area (Å²) >= 11 is 0. The minimum absolute atomic E-state index is 0.245. The zero-order chi connectivity index (χ0) is 11.7. The molecule has 0 aromatic carbocycles. The SMILES string of the molecule is N[N+]1(C23CC4CC(CC(O)(C4)C2)C3)CCCC1. The van der Waals surface area contributed by atoms with Gasteiger partial charge < -0.3 is 5.11 Å². The molecule has 1 saturated heterocycles. The molecule has 4 aliphatic carbocycles. The number of hydrogen-bond donors (Lipinski definition) is 2. The lowest BCUT2D eigenvalue weighted by Crippen LogP contribution is -2.75. The fourth-order valence-corrected chi connectivity index (χ4v) is 6.06. The molecular formula is C14H25N2O+. The first-order valence-corrected chi connectivity index (χ1v) is 7.41. The Labute approximate surface area is 104 Å². The molecule has 0 aromatic rings. The van der Waals surface area contributed by atoms with E-state index in [1.165, 1.54) is 32.1 Å². The summed E-state index contributed by atoms with van der Waals surface area (Å²) < 4.78 is 0.794. The maximum atomic E-state index is 10.8. The molecule has 4 saturated carbocycles. The quantitative estimate of drug-likeness (QED) is 0.537. The molecular weight excluding hydrogens is 212 g/mol. The lowest BCUT2D eigenvalue weighted by molar-refractivity contribution is -0.983. The Morgan fingerprint density at radius 1 is 1.00 bits per heavy atom. The minimum Gasteiger partial charge on any atom is -0.390 e. The van der Waals surface area contributed by atoms with E-state index in [1.807, 2.05) is 0 Å². The van der Waals surface area contributed by atoms with Crippen LogP contribution in [0.25, 0.3) is 0 Å². The van der Waals surface area contributed by atoms with E-state index >= 15 is 0 Å². The highest BCUT2D eigenvalue weighted by molar-refractivity contribution is 5.10. The topological polar surface area (TPSA) is 46.2 Å². The number of rotatable bonds is 1. The van der Waals surface area contributed by atoms with Crippen LogP contribution in [0.15, 0.2) is 0 Å². The molecule has 5 fully saturated rings. The maximum absolute atomic E-state index is 10.8. The summed E-state index contributed by atoms with van der Waals surface area (Å²) in [6.45, 7) is 2.30. The normalized spacial score (nSPS) is 55.4. The minimum atomic E-state index is -0.350. The van der Waals surface area contributed by atoms with Gasteiger partial charge in [-0.05, 0) is 31.1 Å². The number of likely N-dealkylation sites (tertiary alicyclic amines) is 1. The number of quaternary nitrogens is 1. The van der Waals surface area contributed by atoms with Gasteiger partial charge in [-0.3, -0.25) is 0 Å². The molecule has 0 aromatic heterocycles. The van der Waals surface area contributed by atoms with Gasteiger partial charge in [-0.1, -0.05) is 0 Å². The van der Waals surface area contributed by atoms with Crippen molar-refractivity contribution in [3.8, 4) is 0 Å². The molecule has 3 heteroatoms. The van der Waals surface area contributed by atoms with E-state index in [1.54, 1.807) is 0 Å². The monoisotopic (exact) mass is 237 g/mol. The first kappa shape index (κ1) is 10.8. The van der Waals surface area contributed by atoms with E-state index in [0.29, 0.717) is 0 Å². The molecule has 0 amide bonds. The first-order chi connectivity index (χ1) is 8.03. The van der Waals surface area contributed by atoms with Crippen LogP contribution < -0.4 is 5.84 Å². The van der Waals surface area contributed by atoms with E-state index < -0.39 is 0 Å². The van der Waals surface area contributed by atoms with Gasteiger partial charge in [-0.25, -0.2) is 4.59 Å². The molecule has 5 rings (SSSR count). The molecule has 0 spiro atoms. The lowest BCUT2D eigenvalue weighted by Gasteiger charge is -2.63. The molecule has 96 valence electrons. The van der Waals surface area contributed by atoms with Crippen molar-refractivity contribution in [1.82, 2.24) is 0 Å². The Morgan fingerprint density at radius 2 is 1.59 bits per heavy atom. The summed E-state index contributed by atoms with van der Waals surface area (Å²) in [7, 11) is 0. The molecule has 1 heterocycles.